The Labute approximate surface area is 178 Å². The summed E-state index contributed by atoms with van der Waals surface area (Å²) < 4.78 is 34.4. The number of rotatable bonds is 6. The van der Waals surface area contributed by atoms with Gasteiger partial charge in [-0.15, -0.1) is 0 Å². The van der Waals surface area contributed by atoms with Gasteiger partial charge in [0.1, 0.15) is 28.7 Å². The van der Waals surface area contributed by atoms with Gasteiger partial charge in [0.2, 0.25) is 0 Å². The Morgan fingerprint density at radius 3 is 2.52 bits per heavy atom. The third-order valence-corrected chi connectivity index (χ3v) is 5.00. The van der Waals surface area contributed by atoms with Gasteiger partial charge in [0.25, 0.3) is 5.91 Å². The number of nitrogens with two attached hydrogens (primary N) is 1. The Morgan fingerprint density at radius 1 is 1.10 bits per heavy atom. The third kappa shape index (κ3) is 4.59. The average Bonchev–Trinajstić information content (AvgIpc) is 3.25. The Morgan fingerprint density at radius 2 is 1.87 bits per heavy atom. The summed E-state index contributed by atoms with van der Waals surface area (Å²) in [5, 5.41) is 6.01. The Kier molecular flexibility index (Phi) is 5.73. The summed E-state index contributed by atoms with van der Waals surface area (Å²) in [5.41, 5.74) is 7.34. The minimum atomic E-state index is -0.829. The molecule has 4 rings (SSSR count). The molecule has 0 radical (unpaired) electrons. The number of carbonyl (C=O) groups excluding carboxylic acids is 1. The lowest BCUT2D eigenvalue weighted by Gasteiger charge is -2.18. The predicted octanol–water partition coefficient (Wildman–Crippen LogP) is 4.28. The second-order valence-electron chi connectivity index (χ2n) is 7.32. The van der Waals surface area contributed by atoms with Gasteiger partial charge in [-0.3, -0.25) is 10.1 Å². The molecule has 1 amide bonds. The lowest BCUT2D eigenvalue weighted by atomic mass is 10.1. The zero-order valence-electron chi connectivity index (χ0n) is 16.9. The summed E-state index contributed by atoms with van der Waals surface area (Å²) in [6, 6.07) is 13.9. The van der Waals surface area contributed by atoms with Crippen molar-refractivity contribution in [2.45, 2.75) is 6.92 Å². The predicted molar refractivity (Wildman–Crippen MR) is 116 cm³/mol. The van der Waals surface area contributed by atoms with E-state index in [1.807, 2.05) is 12.1 Å². The molecule has 0 aromatic heterocycles. The lowest BCUT2D eigenvalue weighted by molar-refractivity contribution is 0.0999. The number of carbonyl (C=O) groups is 1. The summed E-state index contributed by atoms with van der Waals surface area (Å²) in [4.78, 5) is 14.3. The maximum absolute atomic E-state index is 14.3. The quantitative estimate of drug-likeness (QED) is 0.551. The molecule has 1 fully saturated rings. The number of hydrogen-bond donors (Lipinski definition) is 3. The fourth-order valence-corrected chi connectivity index (χ4v) is 3.46. The third-order valence-electron chi connectivity index (χ3n) is 5.00. The average molecular weight is 424 g/mol. The van der Waals surface area contributed by atoms with Crippen LogP contribution in [0.15, 0.2) is 54.6 Å². The number of nitrogens with zero attached hydrogens (tertiary/aromatic N) is 1. The van der Waals surface area contributed by atoms with Crippen molar-refractivity contribution in [3.63, 3.8) is 0 Å². The van der Waals surface area contributed by atoms with Gasteiger partial charge in [-0.05, 0) is 55.0 Å². The van der Waals surface area contributed by atoms with Crippen molar-refractivity contribution in [1.29, 1.82) is 0 Å². The molecule has 31 heavy (non-hydrogen) atoms. The number of aryl methyl sites for hydroxylation is 1. The molecule has 1 heterocycles. The van der Waals surface area contributed by atoms with Gasteiger partial charge < -0.3 is 20.7 Å². The molecule has 0 aliphatic carbocycles. The number of benzene rings is 3. The van der Waals surface area contributed by atoms with Gasteiger partial charge >= 0.3 is 0 Å². The van der Waals surface area contributed by atoms with Crippen LogP contribution in [0, 0.1) is 18.6 Å². The summed E-state index contributed by atoms with van der Waals surface area (Å²) in [6.07, 6.45) is 0. The zero-order chi connectivity index (χ0) is 22.0. The molecule has 1 saturated heterocycles. The van der Waals surface area contributed by atoms with Crippen LogP contribution in [0.25, 0.3) is 0 Å². The summed E-state index contributed by atoms with van der Waals surface area (Å²) in [6.45, 7) is 4.34. The number of nitrogens with one attached hydrogen (secondary N) is 2. The Bertz CT molecular complexity index is 1110. The van der Waals surface area contributed by atoms with E-state index in [-0.39, 0.29) is 22.7 Å². The molecule has 160 valence electrons. The molecule has 1 aliphatic heterocycles. The van der Waals surface area contributed by atoms with Crippen molar-refractivity contribution in [1.82, 2.24) is 5.32 Å². The van der Waals surface area contributed by atoms with E-state index >= 15 is 0 Å². The van der Waals surface area contributed by atoms with E-state index < -0.39 is 17.5 Å². The van der Waals surface area contributed by atoms with Crippen LogP contribution in [-0.4, -0.2) is 25.7 Å². The number of halogens is 2. The van der Waals surface area contributed by atoms with Crippen LogP contribution in [-0.2, 0) is 0 Å². The highest BCUT2D eigenvalue weighted by molar-refractivity contribution is 6.02. The van der Waals surface area contributed by atoms with E-state index in [1.54, 1.807) is 25.1 Å². The monoisotopic (exact) mass is 424 g/mol. The summed E-state index contributed by atoms with van der Waals surface area (Å²) in [5.74, 6) is -1.66. The zero-order valence-corrected chi connectivity index (χ0v) is 16.9. The van der Waals surface area contributed by atoms with Crippen molar-refractivity contribution in [2.24, 2.45) is 5.73 Å². The van der Waals surface area contributed by atoms with Crippen molar-refractivity contribution in [3.05, 3.63) is 77.4 Å². The highest BCUT2D eigenvalue weighted by atomic mass is 19.1. The fourth-order valence-electron chi connectivity index (χ4n) is 3.46. The van der Waals surface area contributed by atoms with E-state index in [0.29, 0.717) is 5.75 Å². The topological polar surface area (TPSA) is 79.6 Å². The first-order valence-corrected chi connectivity index (χ1v) is 9.81. The van der Waals surface area contributed by atoms with Gasteiger partial charge in [-0.25, -0.2) is 8.78 Å². The molecule has 4 N–H and O–H groups in total. The van der Waals surface area contributed by atoms with E-state index in [2.05, 4.69) is 15.5 Å². The number of primary amides is 1. The van der Waals surface area contributed by atoms with Gasteiger partial charge in [0.15, 0.2) is 0 Å². The molecule has 0 unspecified atom stereocenters. The maximum atomic E-state index is 14.3. The standard InChI is InChI=1S/C23H22F2N4O2/c1-14-2-7-19(18(25)10-14)28-20-11-15(24)12-21(22(20)23(26)30)31-17-5-3-16(4-6-17)29-9-8-27-13-29/h2-7,10-12,27-28H,8-9,13H2,1H3,(H2,26,30). The maximum Gasteiger partial charge on any atom is 0.254 e. The van der Waals surface area contributed by atoms with E-state index in [4.69, 9.17) is 10.5 Å². The van der Waals surface area contributed by atoms with Crippen LogP contribution in [0.5, 0.6) is 11.5 Å². The molecule has 0 spiro atoms. The summed E-state index contributed by atoms with van der Waals surface area (Å²) in [7, 11) is 0. The van der Waals surface area contributed by atoms with Gasteiger partial charge in [0, 0.05) is 24.8 Å². The smallest absolute Gasteiger partial charge is 0.254 e. The van der Waals surface area contributed by atoms with Crippen molar-refractivity contribution >= 4 is 23.0 Å². The molecular formula is C23H22F2N4O2. The fraction of sp³-hybridized carbons (Fsp3) is 0.174. The Hall–Kier alpha value is -3.65. The Balaban J connectivity index is 1.65. The summed E-state index contributed by atoms with van der Waals surface area (Å²) >= 11 is 0. The minimum Gasteiger partial charge on any atom is -0.456 e. The molecule has 0 bridgehead atoms. The molecule has 8 heteroatoms. The van der Waals surface area contributed by atoms with E-state index in [1.165, 1.54) is 12.1 Å². The second-order valence-corrected chi connectivity index (χ2v) is 7.32. The van der Waals surface area contributed by atoms with Gasteiger partial charge in [0.05, 0.1) is 18.0 Å². The highest BCUT2D eigenvalue weighted by Crippen LogP contribution is 2.34. The lowest BCUT2D eigenvalue weighted by Crippen LogP contribution is -2.20. The number of hydrogen-bond acceptors (Lipinski definition) is 5. The highest BCUT2D eigenvalue weighted by Gasteiger charge is 2.20. The van der Waals surface area contributed by atoms with Crippen LogP contribution in [0.4, 0.5) is 25.8 Å². The largest absolute Gasteiger partial charge is 0.456 e. The molecule has 0 saturated carbocycles. The molecule has 1 aliphatic rings. The first kappa shape index (κ1) is 20.6. The van der Waals surface area contributed by atoms with E-state index in [0.717, 1.165) is 43.1 Å². The first-order valence-electron chi connectivity index (χ1n) is 9.81. The van der Waals surface area contributed by atoms with Crippen LogP contribution >= 0.6 is 0 Å². The van der Waals surface area contributed by atoms with Crippen LogP contribution in [0.3, 0.4) is 0 Å². The number of anilines is 3. The van der Waals surface area contributed by atoms with Crippen molar-refractivity contribution in [2.75, 3.05) is 30.0 Å². The van der Waals surface area contributed by atoms with Crippen LogP contribution in [0.1, 0.15) is 15.9 Å². The van der Waals surface area contributed by atoms with Crippen LogP contribution in [0.2, 0.25) is 0 Å². The molecule has 3 aromatic carbocycles. The number of ether oxygens (including phenoxy) is 1. The van der Waals surface area contributed by atoms with Crippen molar-refractivity contribution in [3.8, 4) is 11.5 Å². The van der Waals surface area contributed by atoms with Crippen molar-refractivity contribution < 1.29 is 18.3 Å². The van der Waals surface area contributed by atoms with Gasteiger partial charge in [-0.2, -0.15) is 0 Å². The van der Waals surface area contributed by atoms with Gasteiger partial charge in [-0.1, -0.05) is 6.07 Å². The SMILES string of the molecule is Cc1ccc(Nc2cc(F)cc(Oc3ccc(N4CCNC4)cc3)c2C(N)=O)c(F)c1. The van der Waals surface area contributed by atoms with E-state index in [9.17, 15) is 13.6 Å². The normalized spacial score (nSPS) is 13.3. The minimum absolute atomic E-state index is 0.0185. The molecule has 0 atom stereocenters. The number of amides is 1. The first-order chi connectivity index (χ1) is 14.9. The molecular weight excluding hydrogens is 402 g/mol. The molecule has 3 aromatic rings. The van der Waals surface area contributed by atoms with Crippen LogP contribution < -0.4 is 26.0 Å². The molecule has 6 nitrogen and oxygen atoms in total. The second kappa shape index (κ2) is 8.61.